The number of benzene rings is 2. The molecule has 1 N–H and O–H groups in total. The summed E-state index contributed by atoms with van der Waals surface area (Å²) in [6.45, 7) is 5.49. The van der Waals surface area contributed by atoms with Crippen molar-refractivity contribution < 1.29 is 9.53 Å². The number of aryl methyl sites for hydroxylation is 2. The molecule has 0 atom stereocenters. The normalized spacial score (nSPS) is 14.4. The van der Waals surface area contributed by atoms with Crippen LogP contribution in [-0.4, -0.2) is 29.0 Å². The minimum absolute atomic E-state index is 0.0293. The number of anilines is 2. The number of halogens is 1. The molecule has 1 amide bonds. The molecule has 2 aromatic carbocycles. The van der Waals surface area contributed by atoms with Crippen molar-refractivity contribution >= 4 is 33.3 Å². The van der Waals surface area contributed by atoms with E-state index in [0.29, 0.717) is 11.7 Å². The Morgan fingerprint density at radius 3 is 2.48 bits per heavy atom. The van der Waals surface area contributed by atoms with Crippen LogP contribution < -0.4 is 15.0 Å². The van der Waals surface area contributed by atoms with E-state index in [2.05, 4.69) is 36.1 Å². The van der Waals surface area contributed by atoms with E-state index in [-0.39, 0.29) is 11.8 Å². The maximum atomic E-state index is 12.7. The van der Waals surface area contributed by atoms with Crippen molar-refractivity contribution in [2.45, 2.75) is 26.7 Å². The van der Waals surface area contributed by atoms with Gasteiger partial charge in [-0.3, -0.25) is 4.79 Å². The van der Waals surface area contributed by atoms with Gasteiger partial charge in [-0.25, -0.2) is 9.97 Å². The Bertz CT molecular complexity index is 1060. The molecule has 6 nitrogen and oxygen atoms in total. The fourth-order valence-electron chi connectivity index (χ4n) is 3.65. The first-order chi connectivity index (χ1) is 15.0. The molecule has 1 saturated heterocycles. The second kappa shape index (κ2) is 9.47. The number of nitrogens with one attached hydrogen (secondary N) is 1. The highest BCUT2D eigenvalue weighted by Crippen LogP contribution is 2.31. The molecular formula is C24H25BrN4O2. The Morgan fingerprint density at radius 2 is 1.77 bits per heavy atom. The van der Waals surface area contributed by atoms with Crippen LogP contribution in [0.3, 0.4) is 0 Å². The molecule has 31 heavy (non-hydrogen) atoms. The molecule has 0 spiro atoms. The number of carbonyl (C=O) groups is 1. The lowest BCUT2D eigenvalue weighted by Gasteiger charge is -2.32. The minimum atomic E-state index is -0.0293. The summed E-state index contributed by atoms with van der Waals surface area (Å²) in [6.07, 6.45) is 4.81. The van der Waals surface area contributed by atoms with E-state index in [1.165, 1.54) is 5.56 Å². The zero-order chi connectivity index (χ0) is 21.8. The van der Waals surface area contributed by atoms with Crippen molar-refractivity contribution in [2.75, 3.05) is 23.3 Å². The quantitative estimate of drug-likeness (QED) is 0.521. The lowest BCUT2D eigenvalue weighted by atomic mass is 9.95. The summed E-state index contributed by atoms with van der Waals surface area (Å²) in [5.41, 5.74) is 3.09. The monoisotopic (exact) mass is 480 g/mol. The number of piperidine rings is 1. The third kappa shape index (κ3) is 5.22. The summed E-state index contributed by atoms with van der Waals surface area (Å²) < 4.78 is 7.03. The van der Waals surface area contributed by atoms with E-state index in [9.17, 15) is 4.79 Å². The summed E-state index contributed by atoms with van der Waals surface area (Å²) in [6, 6.07) is 13.7. The number of aromatic nitrogens is 2. The van der Waals surface area contributed by atoms with Gasteiger partial charge in [0.1, 0.15) is 5.75 Å². The van der Waals surface area contributed by atoms with Gasteiger partial charge in [-0.05, 0) is 62.6 Å². The fourth-order valence-corrected chi connectivity index (χ4v) is 3.89. The zero-order valence-corrected chi connectivity index (χ0v) is 19.2. The molecule has 2 heterocycles. The van der Waals surface area contributed by atoms with Crippen molar-refractivity contribution in [1.82, 2.24) is 9.97 Å². The van der Waals surface area contributed by atoms with Gasteiger partial charge in [-0.15, -0.1) is 0 Å². The van der Waals surface area contributed by atoms with Crippen LogP contribution in [-0.2, 0) is 4.79 Å². The Morgan fingerprint density at radius 1 is 1.06 bits per heavy atom. The third-order valence-electron chi connectivity index (χ3n) is 5.47. The predicted molar refractivity (Wildman–Crippen MR) is 126 cm³/mol. The number of ether oxygens (including phenoxy) is 1. The Kier molecular flexibility index (Phi) is 6.51. The topological polar surface area (TPSA) is 67.4 Å². The fraction of sp³-hybridized carbons (Fsp3) is 0.292. The highest BCUT2D eigenvalue weighted by molar-refractivity contribution is 9.10. The number of carbonyl (C=O) groups excluding carboxylic acids is 1. The van der Waals surface area contributed by atoms with Crippen LogP contribution in [0, 0.1) is 19.8 Å². The molecule has 0 unspecified atom stereocenters. The lowest BCUT2D eigenvalue weighted by molar-refractivity contribution is -0.120. The number of rotatable bonds is 5. The van der Waals surface area contributed by atoms with E-state index < -0.39 is 0 Å². The average molecular weight is 481 g/mol. The van der Waals surface area contributed by atoms with Gasteiger partial charge in [0.25, 0.3) is 5.88 Å². The Labute approximate surface area is 190 Å². The van der Waals surface area contributed by atoms with Gasteiger partial charge in [-0.1, -0.05) is 33.6 Å². The molecule has 0 radical (unpaired) electrons. The number of hydrogen-bond acceptors (Lipinski definition) is 5. The highest BCUT2D eigenvalue weighted by Gasteiger charge is 2.27. The van der Waals surface area contributed by atoms with Crippen molar-refractivity contribution in [3.05, 3.63) is 70.5 Å². The summed E-state index contributed by atoms with van der Waals surface area (Å²) in [7, 11) is 0. The first-order valence-corrected chi connectivity index (χ1v) is 11.2. The molecule has 3 aromatic rings. The van der Waals surface area contributed by atoms with Gasteiger partial charge in [-0.2, -0.15) is 0 Å². The second-order valence-electron chi connectivity index (χ2n) is 7.81. The second-order valence-corrected chi connectivity index (χ2v) is 8.67. The van der Waals surface area contributed by atoms with Crippen molar-refractivity contribution in [3.8, 4) is 11.6 Å². The van der Waals surface area contributed by atoms with Crippen LogP contribution in [0.2, 0.25) is 0 Å². The van der Waals surface area contributed by atoms with Crippen molar-refractivity contribution in [1.29, 1.82) is 0 Å². The molecule has 1 aliphatic heterocycles. The smallest absolute Gasteiger partial charge is 0.263 e. The molecule has 7 heteroatoms. The largest absolute Gasteiger partial charge is 0.436 e. The van der Waals surface area contributed by atoms with Gasteiger partial charge in [0.05, 0.1) is 0 Å². The summed E-state index contributed by atoms with van der Waals surface area (Å²) >= 11 is 3.49. The SMILES string of the molecule is Cc1ccc(Oc2nccnc2N2CCC(C(=O)Nc3ccc(Br)c(C)c3)CC2)cc1. The minimum Gasteiger partial charge on any atom is -0.436 e. The van der Waals surface area contributed by atoms with Gasteiger partial charge >= 0.3 is 0 Å². The van der Waals surface area contributed by atoms with E-state index in [1.807, 2.05) is 56.3 Å². The van der Waals surface area contributed by atoms with Crippen LogP contribution in [0.4, 0.5) is 11.5 Å². The molecule has 0 saturated carbocycles. The molecule has 1 aliphatic rings. The molecule has 0 bridgehead atoms. The molecular weight excluding hydrogens is 456 g/mol. The summed E-state index contributed by atoms with van der Waals surface area (Å²) in [4.78, 5) is 23.8. The Hall–Kier alpha value is -2.93. The van der Waals surface area contributed by atoms with Crippen LogP contribution in [0.15, 0.2) is 59.3 Å². The zero-order valence-electron chi connectivity index (χ0n) is 17.6. The Balaban J connectivity index is 1.39. The van der Waals surface area contributed by atoms with Crippen molar-refractivity contribution in [2.24, 2.45) is 5.92 Å². The molecule has 1 fully saturated rings. The van der Waals surface area contributed by atoms with Crippen molar-refractivity contribution in [3.63, 3.8) is 0 Å². The first-order valence-electron chi connectivity index (χ1n) is 10.4. The van der Waals surface area contributed by atoms with Crippen LogP contribution in [0.25, 0.3) is 0 Å². The van der Waals surface area contributed by atoms with E-state index in [4.69, 9.17) is 4.74 Å². The van der Waals surface area contributed by atoms with Gasteiger partial charge in [0.2, 0.25) is 5.91 Å². The number of hydrogen-bond donors (Lipinski definition) is 1. The molecule has 160 valence electrons. The maximum Gasteiger partial charge on any atom is 0.263 e. The number of amides is 1. The maximum absolute atomic E-state index is 12.7. The van der Waals surface area contributed by atoms with E-state index in [1.54, 1.807) is 12.4 Å². The van der Waals surface area contributed by atoms with Gasteiger partial charge in [0.15, 0.2) is 5.82 Å². The highest BCUT2D eigenvalue weighted by atomic mass is 79.9. The summed E-state index contributed by atoms with van der Waals surface area (Å²) in [5.74, 6) is 1.96. The van der Waals surface area contributed by atoms with Gasteiger partial charge in [0, 0.05) is 41.6 Å². The van der Waals surface area contributed by atoms with Crippen LogP contribution in [0.5, 0.6) is 11.6 Å². The van der Waals surface area contributed by atoms with E-state index >= 15 is 0 Å². The standard InChI is InChI=1S/C24H25BrN4O2/c1-16-3-6-20(7-4-16)31-24-22(26-11-12-27-24)29-13-9-18(10-14-29)23(30)28-19-5-8-21(25)17(2)15-19/h3-8,11-12,15,18H,9-10,13-14H2,1-2H3,(H,28,30). The first kappa shape index (κ1) is 21.3. The average Bonchev–Trinajstić information content (AvgIpc) is 2.78. The van der Waals surface area contributed by atoms with Crippen LogP contribution in [0.1, 0.15) is 24.0 Å². The number of nitrogens with zero attached hydrogens (tertiary/aromatic N) is 3. The van der Waals surface area contributed by atoms with E-state index in [0.717, 1.165) is 47.4 Å². The van der Waals surface area contributed by atoms with Gasteiger partial charge < -0.3 is 15.0 Å². The summed E-state index contributed by atoms with van der Waals surface area (Å²) in [5, 5.41) is 3.05. The van der Waals surface area contributed by atoms with Crippen LogP contribution >= 0.6 is 15.9 Å². The predicted octanol–water partition coefficient (Wildman–Crippen LogP) is 5.50. The molecule has 0 aliphatic carbocycles. The third-order valence-corrected chi connectivity index (χ3v) is 6.36. The lowest BCUT2D eigenvalue weighted by Crippen LogP contribution is -2.38. The molecule has 4 rings (SSSR count). The molecule has 1 aromatic heterocycles.